The Kier molecular flexibility index (Phi) is 6.01. The third-order valence-electron chi connectivity index (χ3n) is 6.32. The molecule has 184 valence electrons. The van der Waals surface area contributed by atoms with Crippen molar-refractivity contribution in [1.29, 1.82) is 0 Å². The first kappa shape index (κ1) is 23.3. The minimum absolute atomic E-state index is 0.0872. The van der Waals surface area contributed by atoms with E-state index in [-0.39, 0.29) is 23.9 Å². The van der Waals surface area contributed by atoms with Gasteiger partial charge in [-0.15, -0.1) is 0 Å². The van der Waals surface area contributed by atoms with Crippen LogP contribution in [0.5, 0.6) is 34.5 Å². The number of hydrogen-bond donors (Lipinski definition) is 0. The fourth-order valence-electron chi connectivity index (χ4n) is 4.71. The average molecular weight is 488 g/mol. The van der Waals surface area contributed by atoms with E-state index < -0.39 is 5.92 Å². The van der Waals surface area contributed by atoms with Crippen LogP contribution in [0.4, 0.5) is 0 Å². The van der Waals surface area contributed by atoms with E-state index in [2.05, 4.69) is 0 Å². The molecule has 0 unspecified atom stereocenters. The van der Waals surface area contributed by atoms with Crippen LogP contribution in [-0.2, 0) is 4.79 Å². The van der Waals surface area contributed by atoms with Crippen molar-refractivity contribution in [2.75, 3.05) is 28.4 Å². The van der Waals surface area contributed by atoms with Crippen molar-refractivity contribution < 1.29 is 38.0 Å². The number of carbonyl (C=O) groups is 2. The topological polar surface area (TPSA) is 89.5 Å². The first-order chi connectivity index (χ1) is 17.5. The number of hydrogen-bond acceptors (Lipinski definition) is 8. The van der Waals surface area contributed by atoms with Crippen LogP contribution in [0.1, 0.15) is 39.4 Å². The van der Waals surface area contributed by atoms with Gasteiger partial charge in [-0.3, -0.25) is 9.59 Å². The number of ketones is 1. The maximum atomic E-state index is 13.4. The monoisotopic (exact) mass is 488 g/mol. The summed E-state index contributed by atoms with van der Waals surface area (Å²) in [7, 11) is 6.13. The molecule has 0 saturated carbocycles. The van der Waals surface area contributed by atoms with Gasteiger partial charge in [0.1, 0.15) is 17.2 Å². The van der Waals surface area contributed by atoms with Gasteiger partial charge in [-0.05, 0) is 36.4 Å². The van der Waals surface area contributed by atoms with Crippen LogP contribution in [0.15, 0.2) is 54.3 Å². The second-order valence-electron chi connectivity index (χ2n) is 8.19. The van der Waals surface area contributed by atoms with Gasteiger partial charge in [0.05, 0.1) is 40.4 Å². The average Bonchev–Trinajstić information content (AvgIpc) is 3.22. The molecule has 0 bridgehead atoms. The quantitative estimate of drug-likeness (QED) is 0.278. The lowest BCUT2D eigenvalue weighted by atomic mass is 9.84. The number of esters is 1. The van der Waals surface area contributed by atoms with Crippen LogP contribution in [0.3, 0.4) is 0 Å². The van der Waals surface area contributed by atoms with E-state index in [1.165, 1.54) is 21.3 Å². The van der Waals surface area contributed by atoms with Crippen molar-refractivity contribution in [1.82, 2.24) is 0 Å². The molecule has 3 aromatic rings. The molecule has 0 aliphatic carbocycles. The first-order valence-corrected chi connectivity index (χ1v) is 11.2. The Balaban J connectivity index is 1.62. The van der Waals surface area contributed by atoms with Crippen molar-refractivity contribution in [3.8, 4) is 34.5 Å². The van der Waals surface area contributed by atoms with Crippen molar-refractivity contribution in [2.45, 2.75) is 12.3 Å². The zero-order chi connectivity index (χ0) is 25.4. The van der Waals surface area contributed by atoms with Gasteiger partial charge in [0, 0.05) is 22.6 Å². The molecule has 0 radical (unpaired) electrons. The molecule has 36 heavy (non-hydrogen) atoms. The van der Waals surface area contributed by atoms with Crippen molar-refractivity contribution >= 4 is 17.8 Å². The first-order valence-electron chi connectivity index (χ1n) is 11.2. The SMILES string of the molecule is COc1ccccc1[C@@H]1CC(=O)Oc2ccc3c(c21)O/C(=C\c1ccc(OC)c(OC)c1OC)C3=O. The minimum atomic E-state index is -0.407. The summed E-state index contributed by atoms with van der Waals surface area (Å²) in [6.07, 6.45) is 1.69. The summed E-state index contributed by atoms with van der Waals surface area (Å²) in [5.74, 6) is 1.70. The van der Waals surface area contributed by atoms with Gasteiger partial charge in [-0.2, -0.15) is 0 Å². The number of fused-ring (bicyclic) bond motifs is 3. The van der Waals surface area contributed by atoms with E-state index in [0.717, 1.165) is 5.56 Å². The number of rotatable bonds is 6. The summed E-state index contributed by atoms with van der Waals surface area (Å²) in [6.45, 7) is 0. The maximum Gasteiger partial charge on any atom is 0.312 e. The van der Waals surface area contributed by atoms with Gasteiger partial charge >= 0.3 is 5.97 Å². The Hall–Kier alpha value is -4.46. The van der Waals surface area contributed by atoms with E-state index in [0.29, 0.717) is 51.2 Å². The lowest BCUT2D eigenvalue weighted by molar-refractivity contribution is -0.135. The smallest absolute Gasteiger partial charge is 0.312 e. The van der Waals surface area contributed by atoms with Gasteiger partial charge < -0.3 is 28.4 Å². The molecule has 2 heterocycles. The molecule has 0 saturated heterocycles. The van der Waals surface area contributed by atoms with Crippen LogP contribution in [0, 0.1) is 0 Å². The van der Waals surface area contributed by atoms with Crippen LogP contribution in [0.25, 0.3) is 6.08 Å². The lowest BCUT2D eigenvalue weighted by Crippen LogP contribution is -2.22. The number of allylic oxidation sites excluding steroid dienone is 1. The molecule has 8 nitrogen and oxygen atoms in total. The highest BCUT2D eigenvalue weighted by molar-refractivity contribution is 6.15. The molecule has 2 aliphatic heterocycles. The summed E-state index contributed by atoms with van der Waals surface area (Å²) in [5, 5.41) is 0. The molecule has 0 N–H and O–H groups in total. The molecule has 2 aliphatic rings. The van der Waals surface area contributed by atoms with Crippen LogP contribution in [-0.4, -0.2) is 40.2 Å². The van der Waals surface area contributed by atoms with E-state index in [4.69, 9.17) is 28.4 Å². The minimum Gasteiger partial charge on any atom is -0.496 e. The summed E-state index contributed by atoms with van der Waals surface area (Å²) >= 11 is 0. The van der Waals surface area contributed by atoms with Crippen molar-refractivity contribution in [3.63, 3.8) is 0 Å². The van der Waals surface area contributed by atoms with Gasteiger partial charge in [0.25, 0.3) is 0 Å². The third kappa shape index (κ3) is 3.71. The van der Waals surface area contributed by atoms with Crippen LogP contribution < -0.4 is 28.4 Å². The van der Waals surface area contributed by atoms with E-state index in [9.17, 15) is 9.59 Å². The van der Waals surface area contributed by atoms with Gasteiger partial charge in [0.15, 0.2) is 17.3 Å². The van der Waals surface area contributed by atoms with Crippen molar-refractivity contribution in [2.24, 2.45) is 0 Å². The molecule has 0 spiro atoms. The summed E-state index contributed by atoms with van der Waals surface area (Å²) < 4.78 is 33.6. The van der Waals surface area contributed by atoms with E-state index in [1.807, 2.05) is 24.3 Å². The molecular weight excluding hydrogens is 464 g/mol. The second kappa shape index (κ2) is 9.30. The van der Waals surface area contributed by atoms with Crippen molar-refractivity contribution in [3.05, 3.63) is 76.5 Å². The number of benzene rings is 3. The van der Waals surface area contributed by atoms with E-state index >= 15 is 0 Å². The predicted octanol–water partition coefficient (Wildman–Crippen LogP) is 4.78. The summed E-state index contributed by atoms with van der Waals surface area (Å²) in [6, 6.07) is 14.2. The largest absolute Gasteiger partial charge is 0.496 e. The zero-order valence-corrected chi connectivity index (χ0v) is 20.2. The number of methoxy groups -OCH3 is 4. The van der Waals surface area contributed by atoms with Gasteiger partial charge in [-0.1, -0.05) is 18.2 Å². The Bertz CT molecular complexity index is 1400. The number of carbonyl (C=O) groups excluding carboxylic acids is 2. The zero-order valence-electron chi connectivity index (χ0n) is 20.2. The molecule has 0 amide bonds. The van der Waals surface area contributed by atoms with Gasteiger partial charge in [-0.25, -0.2) is 0 Å². The van der Waals surface area contributed by atoms with E-state index in [1.54, 1.807) is 37.5 Å². The third-order valence-corrected chi connectivity index (χ3v) is 6.32. The molecule has 0 fully saturated rings. The molecule has 0 aromatic heterocycles. The molecular formula is C28H24O8. The van der Waals surface area contributed by atoms with Gasteiger partial charge in [0.2, 0.25) is 11.5 Å². The highest BCUT2D eigenvalue weighted by Gasteiger charge is 2.39. The number of Topliss-reactive ketones (excluding diaryl/α,β-unsaturated/α-hetero) is 1. The summed E-state index contributed by atoms with van der Waals surface area (Å²) in [4.78, 5) is 25.8. The Morgan fingerprint density at radius 3 is 2.28 bits per heavy atom. The highest BCUT2D eigenvalue weighted by Crippen LogP contribution is 2.50. The molecule has 1 atom stereocenters. The second-order valence-corrected chi connectivity index (χ2v) is 8.19. The maximum absolute atomic E-state index is 13.4. The summed E-state index contributed by atoms with van der Waals surface area (Å²) in [5.41, 5.74) is 2.40. The number of ether oxygens (including phenoxy) is 6. The Morgan fingerprint density at radius 2 is 1.56 bits per heavy atom. The fourth-order valence-corrected chi connectivity index (χ4v) is 4.71. The standard InChI is InChI=1S/C28H24O8/c1-31-19-8-6-5-7-16(19)18-14-23(29)35-20-12-10-17-25(30)22(36-27(17)24(18)20)13-15-9-11-21(32-2)28(34-4)26(15)33-3/h5-13,18H,14H2,1-4H3/b22-13-/t18-/m0/s1. The Labute approximate surface area is 207 Å². The normalized spacial score (nSPS) is 17.1. The highest BCUT2D eigenvalue weighted by atomic mass is 16.5. The fraction of sp³-hybridized carbons (Fsp3) is 0.214. The number of para-hydroxylation sites is 1. The Morgan fingerprint density at radius 1 is 0.806 bits per heavy atom. The molecule has 8 heteroatoms. The molecule has 5 rings (SSSR count). The van der Waals surface area contributed by atoms with Crippen LogP contribution in [0.2, 0.25) is 0 Å². The predicted molar refractivity (Wildman–Crippen MR) is 131 cm³/mol. The lowest BCUT2D eigenvalue weighted by Gasteiger charge is -2.27. The molecule has 3 aromatic carbocycles. The van der Waals surface area contributed by atoms with Crippen LogP contribution >= 0.6 is 0 Å².